The van der Waals surface area contributed by atoms with Gasteiger partial charge in [0, 0.05) is 13.0 Å². The van der Waals surface area contributed by atoms with Crippen LogP contribution in [0.2, 0.25) is 0 Å². The minimum Gasteiger partial charge on any atom is -0.457 e. The Morgan fingerprint density at radius 3 is 1.27 bits per heavy atom. The van der Waals surface area contributed by atoms with Crippen molar-refractivity contribution in [1.29, 1.82) is 0 Å². The van der Waals surface area contributed by atoms with Crippen molar-refractivity contribution in [3.05, 3.63) is 0 Å². The predicted molar refractivity (Wildman–Crippen MR) is 248 cm³/mol. The molecule has 64 heavy (non-hydrogen) atoms. The van der Waals surface area contributed by atoms with Crippen LogP contribution in [0.4, 0.5) is 0 Å². The van der Waals surface area contributed by atoms with Crippen LogP contribution in [0.1, 0.15) is 213 Å². The van der Waals surface area contributed by atoms with Gasteiger partial charge < -0.3 is 64.2 Å². The molecular formula is C50H96O14. The summed E-state index contributed by atoms with van der Waals surface area (Å²) in [5, 5.41) is 72.0. The maximum absolute atomic E-state index is 12.9. The van der Waals surface area contributed by atoms with Gasteiger partial charge in [-0.25, -0.2) is 0 Å². The summed E-state index contributed by atoms with van der Waals surface area (Å²) in [6.07, 6.45) is 21.9. The van der Waals surface area contributed by atoms with E-state index in [1.807, 2.05) is 0 Å². The van der Waals surface area contributed by atoms with Crippen molar-refractivity contribution in [2.45, 2.75) is 280 Å². The monoisotopic (exact) mass is 921 g/mol. The number of hydrogen-bond acceptors (Lipinski definition) is 14. The summed E-state index contributed by atoms with van der Waals surface area (Å²) in [5.74, 6) is -0.374. The van der Waals surface area contributed by atoms with Crippen molar-refractivity contribution in [3.8, 4) is 0 Å². The van der Waals surface area contributed by atoms with Crippen LogP contribution in [0, 0.1) is 0 Å². The van der Waals surface area contributed by atoms with Crippen LogP contribution in [-0.4, -0.2) is 142 Å². The average molecular weight is 921 g/mol. The topological polar surface area (TPSA) is 214 Å². The average Bonchev–Trinajstić information content (AvgIpc) is 3.29. The highest BCUT2D eigenvalue weighted by Crippen LogP contribution is 2.26. The molecule has 0 aromatic rings. The lowest BCUT2D eigenvalue weighted by atomic mass is 9.98. The summed E-state index contributed by atoms with van der Waals surface area (Å²) in [4.78, 5) is 12.9. The molecule has 2 rings (SSSR count). The quantitative estimate of drug-likeness (QED) is 0.0231. The summed E-state index contributed by atoms with van der Waals surface area (Å²) in [5.41, 5.74) is 0. The number of aliphatic hydroxyl groups is 7. The molecule has 0 aliphatic carbocycles. The van der Waals surface area contributed by atoms with Crippen molar-refractivity contribution in [2.75, 3.05) is 33.0 Å². The number of hydrogen-bond donors (Lipinski definition) is 7. The maximum Gasteiger partial charge on any atom is 0.306 e. The van der Waals surface area contributed by atoms with Crippen molar-refractivity contribution in [3.63, 3.8) is 0 Å². The Hall–Kier alpha value is -1.01. The second kappa shape index (κ2) is 38.9. The van der Waals surface area contributed by atoms with E-state index in [0.29, 0.717) is 13.0 Å². The molecule has 11 unspecified atom stereocenters. The molecule has 0 saturated carbocycles. The lowest BCUT2D eigenvalue weighted by Crippen LogP contribution is -2.61. The summed E-state index contributed by atoms with van der Waals surface area (Å²) in [6.45, 7) is 3.71. The number of esters is 1. The third-order valence-corrected chi connectivity index (χ3v) is 12.9. The van der Waals surface area contributed by atoms with Crippen molar-refractivity contribution >= 4 is 5.97 Å². The molecule has 2 fully saturated rings. The van der Waals surface area contributed by atoms with Crippen molar-refractivity contribution in [2.24, 2.45) is 0 Å². The standard InChI is InChI=1S/C50H96O14/c1-3-5-7-9-11-13-14-15-16-17-18-19-20-21-22-23-24-26-28-30-32-34-59-36-39(62-42(52)33-31-29-27-25-12-10-8-6-4-2)37-60-49-48(58)46(56)44(54)41(64-49)38-61-50-47(57)45(55)43(53)40(35-51)63-50/h39-41,43-51,53-58H,3-38H2,1-2H3. The molecule has 0 aromatic carbocycles. The molecule has 14 nitrogen and oxygen atoms in total. The van der Waals surface area contributed by atoms with Gasteiger partial charge in [0.1, 0.15) is 54.9 Å². The molecule has 0 spiro atoms. The summed E-state index contributed by atoms with van der Waals surface area (Å²) in [7, 11) is 0. The zero-order valence-corrected chi connectivity index (χ0v) is 40.3. The third-order valence-electron chi connectivity index (χ3n) is 12.9. The zero-order valence-electron chi connectivity index (χ0n) is 40.3. The normalized spacial score (nSPS) is 26.6. The van der Waals surface area contributed by atoms with Crippen molar-refractivity contribution < 1.29 is 69.0 Å². The molecule has 7 N–H and O–H groups in total. The summed E-state index contributed by atoms with van der Waals surface area (Å²) < 4.78 is 34.2. The molecule has 0 bridgehead atoms. The van der Waals surface area contributed by atoms with Crippen LogP contribution < -0.4 is 0 Å². The van der Waals surface area contributed by atoms with E-state index in [4.69, 9.17) is 28.4 Å². The molecule has 2 heterocycles. The first-order chi connectivity index (χ1) is 31.1. The molecule has 2 aliphatic heterocycles. The number of carbonyl (C=O) groups excluding carboxylic acids is 1. The van der Waals surface area contributed by atoms with E-state index in [2.05, 4.69) is 13.8 Å². The van der Waals surface area contributed by atoms with E-state index >= 15 is 0 Å². The molecule has 380 valence electrons. The Morgan fingerprint density at radius 2 is 0.828 bits per heavy atom. The highest BCUT2D eigenvalue weighted by atomic mass is 16.7. The largest absolute Gasteiger partial charge is 0.457 e. The number of ether oxygens (including phenoxy) is 6. The molecule has 0 aromatic heterocycles. The van der Waals surface area contributed by atoms with E-state index in [1.54, 1.807) is 0 Å². The van der Waals surface area contributed by atoms with Gasteiger partial charge in [-0.3, -0.25) is 4.79 Å². The molecule has 14 heteroatoms. The van der Waals surface area contributed by atoms with E-state index in [0.717, 1.165) is 38.5 Å². The predicted octanol–water partition coefficient (Wildman–Crippen LogP) is 7.69. The van der Waals surface area contributed by atoms with E-state index in [9.17, 15) is 40.5 Å². The second-order valence-electron chi connectivity index (χ2n) is 18.7. The highest BCUT2D eigenvalue weighted by molar-refractivity contribution is 5.69. The maximum atomic E-state index is 12.9. The van der Waals surface area contributed by atoms with Gasteiger partial charge >= 0.3 is 5.97 Å². The van der Waals surface area contributed by atoms with Gasteiger partial charge in [-0.1, -0.05) is 194 Å². The molecule has 0 amide bonds. The first-order valence-corrected chi connectivity index (χ1v) is 26.1. The van der Waals surface area contributed by atoms with Crippen LogP contribution in [-0.2, 0) is 33.2 Å². The minimum absolute atomic E-state index is 0.0698. The number of aliphatic hydroxyl groups excluding tert-OH is 7. The van der Waals surface area contributed by atoms with Crippen LogP contribution in [0.5, 0.6) is 0 Å². The Labute approximate surface area is 387 Å². The molecular weight excluding hydrogens is 825 g/mol. The zero-order chi connectivity index (χ0) is 46.6. The van der Waals surface area contributed by atoms with Crippen LogP contribution in [0.3, 0.4) is 0 Å². The van der Waals surface area contributed by atoms with Gasteiger partial charge in [0.15, 0.2) is 12.6 Å². The first-order valence-electron chi connectivity index (χ1n) is 26.1. The Balaban J connectivity index is 1.69. The fourth-order valence-corrected chi connectivity index (χ4v) is 8.58. The van der Waals surface area contributed by atoms with Gasteiger partial charge in [0.2, 0.25) is 0 Å². The number of rotatable bonds is 42. The summed E-state index contributed by atoms with van der Waals surface area (Å²) in [6, 6.07) is 0. The number of unbranched alkanes of at least 4 members (excludes halogenated alkanes) is 28. The Morgan fingerprint density at radius 1 is 0.453 bits per heavy atom. The van der Waals surface area contributed by atoms with Crippen LogP contribution in [0.25, 0.3) is 0 Å². The first kappa shape index (κ1) is 59.1. The van der Waals surface area contributed by atoms with E-state index in [-0.39, 0.29) is 25.6 Å². The molecule has 0 radical (unpaired) electrons. The molecule has 2 aliphatic rings. The van der Waals surface area contributed by atoms with Gasteiger partial charge in [-0.05, 0) is 12.8 Å². The lowest BCUT2D eigenvalue weighted by Gasteiger charge is -2.42. The molecule has 11 atom stereocenters. The SMILES string of the molecule is CCCCCCCCCCCCCCCCCCCCCCCOCC(COC1OC(COC2OC(CO)C(O)C(O)C2O)C(O)C(O)C1O)OC(=O)CCCCCCCCCCC. The van der Waals surface area contributed by atoms with Crippen LogP contribution in [0.15, 0.2) is 0 Å². The fourth-order valence-electron chi connectivity index (χ4n) is 8.58. The molecule has 2 saturated heterocycles. The Kier molecular flexibility index (Phi) is 35.9. The van der Waals surface area contributed by atoms with Gasteiger partial charge in [0.25, 0.3) is 0 Å². The number of carbonyl (C=O) groups is 1. The van der Waals surface area contributed by atoms with E-state index in [1.165, 1.54) is 148 Å². The van der Waals surface area contributed by atoms with Gasteiger partial charge in [0.05, 0.1) is 26.4 Å². The second-order valence-corrected chi connectivity index (χ2v) is 18.7. The lowest BCUT2D eigenvalue weighted by molar-refractivity contribution is -0.332. The summed E-state index contributed by atoms with van der Waals surface area (Å²) >= 11 is 0. The Bertz CT molecular complexity index is 1070. The smallest absolute Gasteiger partial charge is 0.306 e. The van der Waals surface area contributed by atoms with Gasteiger partial charge in [-0.15, -0.1) is 0 Å². The highest BCUT2D eigenvalue weighted by Gasteiger charge is 2.47. The minimum atomic E-state index is -1.70. The van der Waals surface area contributed by atoms with Gasteiger partial charge in [-0.2, -0.15) is 0 Å². The third kappa shape index (κ3) is 26.5. The van der Waals surface area contributed by atoms with Crippen LogP contribution >= 0.6 is 0 Å². The van der Waals surface area contributed by atoms with E-state index < -0.39 is 80.7 Å². The van der Waals surface area contributed by atoms with Crippen molar-refractivity contribution in [1.82, 2.24) is 0 Å². The fraction of sp³-hybridized carbons (Fsp3) is 0.980.